The van der Waals surface area contributed by atoms with Gasteiger partial charge in [0.1, 0.15) is 5.75 Å². The summed E-state index contributed by atoms with van der Waals surface area (Å²) in [5.74, 6) is -3.06. The van der Waals surface area contributed by atoms with E-state index in [1.807, 2.05) is 30.3 Å². The number of hydrogen-bond donors (Lipinski definition) is 0. The van der Waals surface area contributed by atoms with Gasteiger partial charge in [-0.15, -0.1) is 0 Å². The van der Waals surface area contributed by atoms with Crippen molar-refractivity contribution in [3.05, 3.63) is 74.7 Å². The third kappa shape index (κ3) is 2.45. The van der Waals surface area contributed by atoms with E-state index < -0.39 is 29.0 Å². The van der Waals surface area contributed by atoms with Crippen LogP contribution in [0.3, 0.4) is 0 Å². The van der Waals surface area contributed by atoms with Crippen LogP contribution >= 0.6 is 23.1 Å². The van der Waals surface area contributed by atoms with Gasteiger partial charge >= 0.3 is 10.8 Å². The van der Waals surface area contributed by atoms with Crippen LogP contribution in [-0.4, -0.2) is 21.8 Å². The highest BCUT2D eigenvalue weighted by molar-refractivity contribution is 8.00. The number of rotatable bonds is 2. The molecule has 5 rings (SSSR count). The van der Waals surface area contributed by atoms with Crippen LogP contribution in [0, 0.1) is 5.92 Å². The van der Waals surface area contributed by atoms with Crippen LogP contribution in [0.25, 0.3) is 5.69 Å². The second-order valence-corrected chi connectivity index (χ2v) is 8.65. The smallest absolute Gasteiger partial charge is 0.316 e. The van der Waals surface area contributed by atoms with Gasteiger partial charge in [-0.3, -0.25) is 14.2 Å². The quantitative estimate of drug-likeness (QED) is 0.473. The van der Waals surface area contributed by atoms with Gasteiger partial charge in [-0.05, 0) is 18.2 Å². The zero-order valence-corrected chi connectivity index (χ0v) is 15.9. The minimum atomic E-state index is -1.35. The Kier molecular flexibility index (Phi) is 3.92. The summed E-state index contributed by atoms with van der Waals surface area (Å²) in [6, 6.07) is 16.1. The predicted molar refractivity (Wildman–Crippen MR) is 102 cm³/mol. The molecular weight excluding hydrogens is 398 g/mol. The first kappa shape index (κ1) is 17.3. The number of carbonyl (C=O) groups excluding carboxylic acids is 2. The first-order valence-electron chi connectivity index (χ1n) is 8.55. The molecule has 0 spiro atoms. The van der Waals surface area contributed by atoms with Crippen LogP contribution in [0.5, 0.6) is 5.75 Å². The van der Waals surface area contributed by atoms with E-state index in [1.54, 1.807) is 24.3 Å². The molecule has 0 bridgehead atoms. The average Bonchev–Trinajstić information content (AvgIpc) is 3.03. The number of thioether (sulfide) groups is 1. The zero-order chi connectivity index (χ0) is 19.4. The minimum absolute atomic E-state index is 0.224. The number of carboxylic acids is 1. The molecule has 2 aliphatic rings. The van der Waals surface area contributed by atoms with Gasteiger partial charge in [0.15, 0.2) is 0 Å². The molecule has 2 aliphatic heterocycles. The van der Waals surface area contributed by atoms with E-state index in [9.17, 15) is 19.5 Å². The lowest BCUT2D eigenvalue weighted by molar-refractivity contribution is -0.306. The molecule has 0 saturated heterocycles. The van der Waals surface area contributed by atoms with E-state index >= 15 is 0 Å². The number of fused-ring (bicyclic) bond motifs is 5. The van der Waals surface area contributed by atoms with E-state index in [0.29, 0.717) is 26.9 Å². The SMILES string of the molecule is O=C1Oc2ccccc2[C@H]2c3sc(=O)n(-c4ccccc4)c3S[C@@H](C(=O)[O-])[C@@H]12. The second-order valence-electron chi connectivity index (χ2n) is 6.53. The van der Waals surface area contributed by atoms with Crippen LogP contribution in [0.15, 0.2) is 64.4 Å². The molecular formula is C20H12NO5S2-. The number of para-hydroxylation sites is 2. The number of aliphatic carboxylic acids is 1. The van der Waals surface area contributed by atoms with E-state index in [1.165, 1.54) is 4.57 Å². The summed E-state index contributed by atoms with van der Waals surface area (Å²) >= 11 is 2.02. The number of hydrogen-bond acceptors (Lipinski definition) is 7. The minimum Gasteiger partial charge on any atom is -0.549 e. The third-order valence-electron chi connectivity index (χ3n) is 4.98. The van der Waals surface area contributed by atoms with Gasteiger partial charge in [-0.1, -0.05) is 59.5 Å². The van der Waals surface area contributed by atoms with Gasteiger partial charge < -0.3 is 14.6 Å². The highest BCUT2D eigenvalue weighted by Gasteiger charge is 2.50. The maximum atomic E-state index is 12.8. The number of aromatic nitrogens is 1. The van der Waals surface area contributed by atoms with Gasteiger partial charge in [0.05, 0.1) is 27.9 Å². The molecule has 0 saturated carbocycles. The Hall–Kier alpha value is -2.84. The Morgan fingerprint density at radius 1 is 1.04 bits per heavy atom. The molecule has 0 radical (unpaired) electrons. The van der Waals surface area contributed by atoms with Crippen LogP contribution < -0.4 is 14.7 Å². The molecule has 28 heavy (non-hydrogen) atoms. The van der Waals surface area contributed by atoms with Crippen LogP contribution in [-0.2, 0) is 9.59 Å². The van der Waals surface area contributed by atoms with Crippen LogP contribution in [0.1, 0.15) is 16.4 Å². The van der Waals surface area contributed by atoms with Gasteiger partial charge in [0, 0.05) is 16.4 Å². The summed E-state index contributed by atoms with van der Waals surface area (Å²) in [4.78, 5) is 37.9. The maximum Gasteiger partial charge on any atom is 0.316 e. The molecule has 1 aromatic heterocycles. The molecule has 6 nitrogen and oxygen atoms in total. The fraction of sp³-hybridized carbons (Fsp3) is 0.150. The number of thiazole rings is 1. The Bertz CT molecular complexity index is 1170. The van der Waals surface area contributed by atoms with Crippen molar-refractivity contribution in [2.45, 2.75) is 16.2 Å². The van der Waals surface area contributed by atoms with E-state index in [0.717, 1.165) is 23.1 Å². The van der Waals surface area contributed by atoms with Gasteiger partial charge in [-0.25, -0.2) is 0 Å². The Labute approximate surface area is 167 Å². The fourth-order valence-corrected chi connectivity index (χ4v) is 6.48. The fourth-order valence-electron chi connectivity index (χ4n) is 3.81. The molecule has 8 heteroatoms. The molecule has 0 unspecified atom stereocenters. The van der Waals surface area contributed by atoms with Crippen LogP contribution in [0.2, 0.25) is 0 Å². The van der Waals surface area contributed by atoms with Gasteiger partial charge in [0.2, 0.25) is 0 Å². The highest BCUT2D eigenvalue weighted by atomic mass is 32.2. The van der Waals surface area contributed by atoms with E-state index in [4.69, 9.17) is 4.74 Å². The van der Waals surface area contributed by atoms with Crippen molar-refractivity contribution in [3.63, 3.8) is 0 Å². The normalized spacial score (nSPS) is 22.6. The molecule has 140 valence electrons. The molecule has 0 fully saturated rings. The number of esters is 1. The predicted octanol–water partition coefficient (Wildman–Crippen LogP) is 1.79. The first-order valence-corrected chi connectivity index (χ1v) is 10.2. The molecule has 2 aromatic carbocycles. The van der Waals surface area contributed by atoms with Crippen molar-refractivity contribution in [1.82, 2.24) is 4.57 Å². The van der Waals surface area contributed by atoms with Crippen LogP contribution in [0.4, 0.5) is 0 Å². The lowest BCUT2D eigenvalue weighted by Gasteiger charge is -2.39. The number of benzene rings is 2. The van der Waals surface area contributed by atoms with Crippen molar-refractivity contribution in [2.75, 3.05) is 0 Å². The molecule has 0 N–H and O–H groups in total. The zero-order valence-electron chi connectivity index (χ0n) is 14.2. The number of ether oxygens (including phenoxy) is 1. The summed E-state index contributed by atoms with van der Waals surface area (Å²) in [7, 11) is 0. The summed E-state index contributed by atoms with van der Waals surface area (Å²) in [6.07, 6.45) is 0. The monoisotopic (exact) mass is 410 g/mol. The summed E-state index contributed by atoms with van der Waals surface area (Å²) < 4.78 is 6.91. The molecule has 3 aromatic rings. The largest absolute Gasteiger partial charge is 0.549 e. The molecule has 3 atom stereocenters. The van der Waals surface area contributed by atoms with E-state index in [-0.39, 0.29) is 4.87 Å². The van der Waals surface area contributed by atoms with Crippen molar-refractivity contribution < 1.29 is 19.4 Å². The molecule has 0 aliphatic carbocycles. The van der Waals surface area contributed by atoms with Crippen molar-refractivity contribution in [3.8, 4) is 11.4 Å². The summed E-state index contributed by atoms with van der Waals surface area (Å²) in [6.45, 7) is 0. The highest BCUT2D eigenvalue weighted by Crippen LogP contribution is 2.54. The molecule has 0 amide bonds. The average molecular weight is 410 g/mol. The lowest BCUT2D eigenvalue weighted by atomic mass is 9.80. The third-order valence-corrected chi connectivity index (χ3v) is 7.50. The Morgan fingerprint density at radius 2 is 1.75 bits per heavy atom. The number of carbonyl (C=O) groups is 2. The Morgan fingerprint density at radius 3 is 2.50 bits per heavy atom. The maximum absolute atomic E-state index is 12.8. The molecule has 3 heterocycles. The summed E-state index contributed by atoms with van der Waals surface area (Å²) in [5.41, 5.74) is 1.36. The standard InChI is InChI=1S/C20H13NO5S2/c22-18(23)16-14-13(11-8-4-5-9-12(11)26-19(14)24)15-17(27-16)21(20(25)28-15)10-6-2-1-3-7-10/h1-9,13-14,16H,(H,22,23)/p-1/t13-,14+,16-/m1/s1. The topological polar surface area (TPSA) is 88.4 Å². The Balaban J connectivity index is 1.79. The van der Waals surface area contributed by atoms with Gasteiger partial charge in [-0.2, -0.15) is 0 Å². The lowest BCUT2D eigenvalue weighted by Crippen LogP contribution is -2.48. The second kappa shape index (κ2) is 6.35. The first-order chi connectivity index (χ1) is 13.6. The van der Waals surface area contributed by atoms with Crippen molar-refractivity contribution in [1.29, 1.82) is 0 Å². The summed E-state index contributed by atoms with van der Waals surface area (Å²) in [5, 5.41) is 11.3. The number of carboxylic acid groups (broad SMARTS) is 1. The van der Waals surface area contributed by atoms with Crippen molar-refractivity contribution >= 4 is 35.0 Å². The van der Waals surface area contributed by atoms with Crippen molar-refractivity contribution in [2.24, 2.45) is 5.92 Å². The van der Waals surface area contributed by atoms with E-state index in [2.05, 4.69) is 0 Å². The van der Waals surface area contributed by atoms with Gasteiger partial charge in [0.25, 0.3) is 0 Å². The number of nitrogens with zero attached hydrogens (tertiary/aromatic N) is 1.